The van der Waals surface area contributed by atoms with E-state index in [2.05, 4.69) is 30.7 Å². The normalized spacial score (nSPS) is 10.3. The van der Waals surface area contributed by atoms with Gasteiger partial charge in [-0.15, -0.1) is 0 Å². The molecule has 1 heterocycles. The topological polar surface area (TPSA) is 25.8 Å². The summed E-state index contributed by atoms with van der Waals surface area (Å²) in [6, 6.07) is 0. The SMILES string of the molecule is CCc1nc(C)nc(C)c1CC. The van der Waals surface area contributed by atoms with Gasteiger partial charge in [0.2, 0.25) is 0 Å². The maximum Gasteiger partial charge on any atom is 0.125 e. The van der Waals surface area contributed by atoms with E-state index < -0.39 is 0 Å². The number of hydrogen-bond acceptors (Lipinski definition) is 2. The Labute approximate surface area is 74.1 Å². The van der Waals surface area contributed by atoms with Crippen LogP contribution in [-0.2, 0) is 12.8 Å². The summed E-state index contributed by atoms with van der Waals surface area (Å²) in [7, 11) is 0. The minimum absolute atomic E-state index is 0.890. The van der Waals surface area contributed by atoms with Gasteiger partial charge in [0, 0.05) is 11.4 Å². The third-order valence-electron chi connectivity index (χ3n) is 2.10. The first kappa shape index (κ1) is 9.17. The van der Waals surface area contributed by atoms with E-state index in [0.717, 1.165) is 24.4 Å². The molecule has 0 spiro atoms. The van der Waals surface area contributed by atoms with E-state index in [1.807, 2.05) is 6.92 Å². The van der Waals surface area contributed by atoms with Gasteiger partial charge in [0.05, 0.1) is 0 Å². The highest BCUT2D eigenvalue weighted by Crippen LogP contribution is 2.11. The Morgan fingerprint density at radius 1 is 1.00 bits per heavy atom. The van der Waals surface area contributed by atoms with Gasteiger partial charge >= 0.3 is 0 Å². The molecule has 12 heavy (non-hydrogen) atoms. The van der Waals surface area contributed by atoms with Gasteiger partial charge < -0.3 is 0 Å². The first-order valence-corrected chi connectivity index (χ1v) is 4.52. The number of hydrogen-bond donors (Lipinski definition) is 0. The van der Waals surface area contributed by atoms with Gasteiger partial charge in [0.1, 0.15) is 5.82 Å². The Morgan fingerprint density at radius 2 is 1.67 bits per heavy atom. The van der Waals surface area contributed by atoms with Crippen molar-refractivity contribution in [3.8, 4) is 0 Å². The van der Waals surface area contributed by atoms with Gasteiger partial charge in [-0.3, -0.25) is 0 Å². The molecular formula is C10H16N2. The molecule has 1 aromatic heterocycles. The minimum atomic E-state index is 0.890. The maximum absolute atomic E-state index is 4.41. The Kier molecular flexibility index (Phi) is 2.79. The van der Waals surface area contributed by atoms with Crippen LogP contribution >= 0.6 is 0 Å². The largest absolute Gasteiger partial charge is 0.238 e. The van der Waals surface area contributed by atoms with E-state index in [0.29, 0.717) is 0 Å². The molecule has 0 bridgehead atoms. The second-order valence-electron chi connectivity index (χ2n) is 2.99. The molecule has 0 amide bonds. The van der Waals surface area contributed by atoms with Crippen molar-refractivity contribution in [2.45, 2.75) is 40.5 Å². The lowest BCUT2D eigenvalue weighted by atomic mass is 10.1. The van der Waals surface area contributed by atoms with E-state index >= 15 is 0 Å². The zero-order valence-electron chi connectivity index (χ0n) is 8.31. The van der Waals surface area contributed by atoms with E-state index in [-0.39, 0.29) is 0 Å². The molecular weight excluding hydrogens is 148 g/mol. The number of aryl methyl sites for hydroxylation is 3. The first-order chi connectivity index (χ1) is 5.69. The zero-order valence-corrected chi connectivity index (χ0v) is 8.31. The van der Waals surface area contributed by atoms with Gasteiger partial charge in [-0.05, 0) is 32.3 Å². The summed E-state index contributed by atoms with van der Waals surface area (Å²) in [5.74, 6) is 0.890. The summed E-state index contributed by atoms with van der Waals surface area (Å²) in [6.45, 7) is 8.30. The fraction of sp³-hybridized carbons (Fsp3) is 0.600. The maximum atomic E-state index is 4.41. The molecule has 0 saturated heterocycles. The average molecular weight is 164 g/mol. The second-order valence-corrected chi connectivity index (χ2v) is 2.99. The highest BCUT2D eigenvalue weighted by atomic mass is 14.9. The zero-order chi connectivity index (χ0) is 9.14. The van der Waals surface area contributed by atoms with Crippen molar-refractivity contribution >= 4 is 0 Å². The summed E-state index contributed by atoms with van der Waals surface area (Å²) in [5, 5.41) is 0. The van der Waals surface area contributed by atoms with Gasteiger partial charge in [-0.2, -0.15) is 0 Å². The molecule has 0 saturated carbocycles. The molecule has 2 heteroatoms. The van der Waals surface area contributed by atoms with Crippen molar-refractivity contribution in [1.82, 2.24) is 9.97 Å². The van der Waals surface area contributed by atoms with E-state index in [1.165, 1.54) is 11.3 Å². The standard InChI is InChI=1S/C10H16N2/c1-5-9-7(3)11-8(4)12-10(9)6-2/h5-6H2,1-4H3. The lowest BCUT2D eigenvalue weighted by Gasteiger charge is -2.08. The van der Waals surface area contributed by atoms with Crippen LogP contribution < -0.4 is 0 Å². The van der Waals surface area contributed by atoms with Gasteiger partial charge in [0.15, 0.2) is 0 Å². The van der Waals surface area contributed by atoms with Gasteiger partial charge in [-0.1, -0.05) is 13.8 Å². The predicted molar refractivity (Wildman–Crippen MR) is 50.3 cm³/mol. The average Bonchev–Trinajstić information content (AvgIpc) is 2.03. The number of rotatable bonds is 2. The molecule has 66 valence electrons. The monoisotopic (exact) mass is 164 g/mol. The van der Waals surface area contributed by atoms with Crippen LogP contribution in [0.5, 0.6) is 0 Å². The molecule has 0 N–H and O–H groups in total. The van der Waals surface area contributed by atoms with E-state index in [9.17, 15) is 0 Å². The van der Waals surface area contributed by atoms with Crippen LogP contribution in [0.4, 0.5) is 0 Å². The van der Waals surface area contributed by atoms with Crippen molar-refractivity contribution in [3.05, 3.63) is 22.8 Å². The summed E-state index contributed by atoms with van der Waals surface area (Å²) in [5.41, 5.74) is 3.67. The van der Waals surface area contributed by atoms with Crippen LogP contribution in [0.2, 0.25) is 0 Å². The van der Waals surface area contributed by atoms with Crippen molar-refractivity contribution in [1.29, 1.82) is 0 Å². The van der Waals surface area contributed by atoms with Gasteiger partial charge in [0.25, 0.3) is 0 Å². The van der Waals surface area contributed by atoms with Crippen molar-refractivity contribution < 1.29 is 0 Å². The van der Waals surface area contributed by atoms with Gasteiger partial charge in [-0.25, -0.2) is 9.97 Å². The molecule has 1 rings (SSSR count). The fourth-order valence-electron chi connectivity index (χ4n) is 1.56. The Morgan fingerprint density at radius 3 is 2.17 bits per heavy atom. The molecule has 0 aliphatic carbocycles. The summed E-state index contributed by atoms with van der Waals surface area (Å²) < 4.78 is 0. The molecule has 0 aliphatic rings. The van der Waals surface area contributed by atoms with Crippen molar-refractivity contribution in [2.75, 3.05) is 0 Å². The van der Waals surface area contributed by atoms with E-state index in [4.69, 9.17) is 0 Å². The predicted octanol–water partition coefficient (Wildman–Crippen LogP) is 2.22. The fourth-order valence-corrected chi connectivity index (χ4v) is 1.56. The van der Waals surface area contributed by atoms with Crippen molar-refractivity contribution in [3.63, 3.8) is 0 Å². The molecule has 1 aromatic rings. The van der Waals surface area contributed by atoms with Crippen LogP contribution in [0.3, 0.4) is 0 Å². The van der Waals surface area contributed by atoms with Crippen LogP contribution in [0, 0.1) is 13.8 Å². The first-order valence-electron chi connectivity index (χ1n) is 4.52. The third-order valence-corrected chi connectivity index (χ3v) is 2.10. The quantitative estimate of drug-likeness (QED) is 0.669. The molecule has 0 unspecified atom stereocenters. The number of aromatic nitrogens is 2. The highest BCUT2D eigenvalue weighted by molar-refractivity contribution is 5.24. The van der Waals surface area contributed by atoms with Crippen LogP contribution in [-0.4, -0.2) is 9.97 Å². The summed E-state index contributed by atoms with van der Waals surface area (Å²) >= 11 is 0. The Balaban J connectivity index is 3.24. The second kappa shape index (κ2) is 3.65. The molecule has 0 aliphatic heterocycles. The molecule has 0 atom stereocenters. The minimum Gasteiger partial charge on any atom is -0.238 e. The lowest BCUT2D eigenvalue weighted by Crippen LogP contribution is -2.03. The highest BCUT2D eigenvalue weighted by Gasteiger charge is 2.05. The van der Waals surface area contributed by atoms with Crippen LogP contribution in [0.15, 0.2) is 0 Å². The van der Waals surface area contributed by atoms with E-state index in [1.54, 1.807) is 0 Å². The van der Waals surface area contributed by atoms with Crippen LogP contribution in [0.25, 0.3) is 0 Å². The van der Waals surface area contributed by atoms with Crippen LogP contribution in [0.1, 0.15) is 36.6 Å². The lowest BCUT2D eigenvalue weighted by molar-refractivity contribution is 0.871. The number of nitrogens with zero attached hydrogens (tertiary/aromatic N) is 2. The van der Waals surface area contributed by atoms with Crippen molar-refractivity contribution in [2.24, 2.45) is 0 Å². The Hall–Kier alpha value is -0.920. The molecule has 0 fully saturated rings. The molecule has 2 nitrogen and oxygen atoms in total. The Bertz CT molecular complexity index is 279. The third kappa shape index (κ3) is 1.63. The molecule has 0 radical (unpaired) electrons. The summed E-state index contributed by atoms with van der Waals surface area (Å²) in [4.78, 5) is 8.75. The smallest absolute Gasteiger partial charge is 0.125 e. The molecule has 0 aromatic carbocycles. The summed E-state index contributed by atoms with van der Waals surface area (Å²) in [6.07, 6.45) is 2.04.